The first-order valence-electron chi connectivity index (χ1n) is 15.7. The van der Waals surface area contributed by atoms with Crippen LogP contribution in [0.2, 0.25) is 0 Å². The Balaban J connectivity index is 1.49. The molecule has 10 heteroatoms. The van der Waals surface area contributed by atoms with E-state index in [9.17, 15) is 15.0 Å². The maximum Gasteiger partial charge on any atom is 0.338 e. The number of carbonyl (C=O) groups is 1. The minimum atomic E-state index is -1.64. The molecule has 43 heavy (non-hydrogen) atoms. The van der Waals surface area contributed by atoms with Crippen molar-refractivity contribution in [2.24, 2.45) is 34.5 Å². The number of ether oxygens (including phenoxy) is 6. The van der Waals surface area contributed by atoms with Crippen LogP contribution in [-0.2, 0) is 28.4 Å². The summed E-state index contributed by atoms with van der Waals surface area (Å²) in [5, 5.41) is 25.1. The van der Waals surface area contributed by atoms with Gasteiger partial charge in [-0.1, -0.05) is 25.1 Å². The summed E-state index contributed by atoms with van der Waals surface area (Å²) in [6, 6.07) is 8.79. The second-order valence-electron chi connectivity index (χ2n) is 13.9. The van der Waals surface area contributed by atoms with E-state index in [-0.39, 0.29) is 47.8 Å². The summed E-state index contributed by atoms with van der Waals surface area (Å²) in [7, 11) is 8.45. The Bertz CT molecular complexity index is 1230. The van der Waals surface area contributed by atoms with E-state index in [0.29, 0.717) is 12.2 Å². The predicted molar refractivity (Wildman–Crippen MR) is 154 cm³/mol. The molecule has 7 rings (SSSR count). The molecule has 0 unspecified atom stereocenters. The number of aliphatic hydroxyl groups excluding tert-OH is 1. The van der Waals surface area contributed by atoms with Gasteiger partial charge in [0.05, 0.1) is 24.4 Å². The number of hydrogen-bond donors (Lipinski definition) is 2. The third-order valence-electron chi connectivity index (χ3n) is 13.1. The molecule has 1 heterocycles. The summed E-state index contributed by atoms with van der Waals surface area (Å²) < 4.78 is 38.0. The summed E-state index contributed by atoms with van der Waals surface area (Å²) in [6.07, 6.45) is -1.58. The number of esters is 1. The molecule has 1 saturated heterocycles. The zero-order valence-electron chi connectivity index (χ0n) is 26.1. The Morgan fingerprint density at radius 3 is 2.37 bits per heavy atom. The van der Waals surface area contributed by atoms with E-state index in [1.807, 2.05) is 6.07 Å². The van der Waals surface area contributed by atoms with Gasteiger partial charge in [-0.15, -0.1) is 0 Å². The number of nitrogens with zero attached hydrogens (tertiary/aromatic N) is 1. The lowest BCUT2D eigenvalue weighted by molar-refractivity contribution is -0.321. The van der Waals surface area contributed by atoms with E-state index < -0.39 is 46.8 Å². The normalized spacial score (nSPS) is 51.0. The number of piperidine rings is 1. The van der Waals surface area contributed by atoms with Gasteiger partial charge in [0.15, 0.2) is 0 Å². The maximum absolute atomic E-state index is 13.7. The van der Waals surface area contributed by atoms with Crippen molar-refractivity contribution in [3.8, 4) is 0 Å². The van der Waals surface area contributed by atoms with E-state index in [1.54, 1.807) is 52.7 Å². The zero-order chi connectivity index (χ0) is 30.5. The van der Waals surface area contributed by atoms with Crippen LogP contribution in [-0.4, -0.2) is 124 Å². The summed E-state index contributed by atoms with van der Waals surface area (Å²) in [5.74, 6) is -1.55. The van der Waals surface area contributed by atoms with E-state index in [4.69, 9.17) is 28.4 Å². The molecule has 10 nitrogen and oxygen atoms in total. The number of methoxy groups -OCH3 is 5. The third-order valence-corrected chi connectivity index (χ3v) is 13.1. The standard InChI is InChI=1S/C33H47NO9/c1-7-34-16-30(17-38-2)14-13-20(39-3)32-19-15-31(37)27(43-29(36)18-11-9-8-10-12-18)21(19)33(42-6,26(35)28(31)41-5)22(25(32)34)23(40-4)24(30)32/h8-12,19-28,35,37H,7,13-17H2,1-6H3/t19-,20-,21+,22-,23-,24+,25+,26-,27+,28-,30-,31+,32-,33+/m0/s1. The minimum absolute atomic E-state index is 0.0186. The topological polar surface area (TPSA) is 116 Å². The van der Waals surface area contributed by atoms with Gasteiger partial charge in [0, 0.05) is 76.7 Å². The Kier molecular flexibility index (Phi) is 7.12. The van der Waals surface area contributed by atoms with Crippen molar-refractivity contribution in [2.75, 3.05) is 55.2 Å². The second kappa shape index (κ2) is 10.2. The molecule has 1 aromatic rings. The van der Waals surface area contributed by atoms with Crippen LogP contribution in [0.3, 0.4) is 0 Å². The number of rotatable bonds is 9. The monoisotopic (exact) mass is 601 g/mol. The number of hydrogen-bond acceptors (Lipinski definition) is 10. The lowest BCUT2D eigenvalue weighted by atomic mass is 9.43. The molecular formula is C33H47NO9. The molecule has 6 fully saturated rings. The van der Waals surface area contributed by atoms with E-state index in [0.717, 1.165) is 25.9 Å². The van der Waals surface area contributed by atoms with Gasteiger partial charge in [-0.2, -0.15) is 0 Å². The Labute approximate surface area is 253 Å². The van der Waals surface area contributed by atoms with E-state index >= 15 is 0 Å². The lowest BCUT2D eigenvalue weighted by Crippen LogP contribution is -2.80. The highest BCUT2D eigenvalue weighted by Crippen LogP contribution is 2.80. The van der Waals surface area contributed by atoms with Crippen LogP contribution in [0.5, 0.6) is 0 Å². The molecule has 7 bridgehead atoms. The minimum Gasteiger partial charge on any atom is -0.455 e. The number of benzene rings is 1. The Hall–Kier alpha value is -1.63. The maximum atomic E-state index is 13.7. The van der Waals surface area contributed by atoms with Gasteiger partial charge in [-0.05, 0) is 43.9 Å². The van der Waals surface area contributed by atoms with E-state index in [1.165, 1.54) is 7.11 Å². The second-order valence-corrected chi connectivity index (χ2v) is 13.9. The summed E-state index contributed by atoms with van der Waals surface area (Å²) in [5.41, 5.74) is -3.15. The average molecular weight is 602 g/mol. The third kappa shape index (κ3) is 3.34. The molecule has 1 aromatic carbocycles. The molecule has 6 aliphatic rings. The van der Waals surface area contributed by atoms with Crippen LogP contribution >= 0.6 is 0 Å². The fraction of sp³-hybridized carbons (Fsp3) is 0.788. The number of likely N-dealkylation sites (tertiary alicyclic amines) is 1. The van der Waals surface area contributed by atoms with Crippen molar-refractivity contribution in [1.82, 2.24) is 4.90 Å². The molecule has 2 N–H and O–H groups in total. The van der Waals surface area contributed by atoms with Crippen LogP contribution in [0.25, 0.3) is 0 Å². The largest absolute Gasteiger partial charge is 0.455 e. The van der Waals surface area contributed by atoms with Gasteiger partial charge < -0.3 is 38.6 Å². The highest BCUT2D eigenvalue weighted by Gasteiger charge is 2.90. The molecule has 0 aromatic heterocycles. The van der Waals surface area contributed by atoms with Crippen molar-refractivity contribution >= 4 is 5.97 Å². The van der Waals surface area contributed by atoms with Crippen LogP contribution in [0.15, 0.2) is 30.3 Å². The highest BCUT2D eigenvalue weighted by molar-refractivity contribution is 5.89. The summed E-state index contributed by atoms with van der Waals surface area (Å²) >= 11 is 0. The smallest absolute Gasteiger partial charge is 0.338 e. The van der Waals surface area contributed by atoms with Crippen molar-refractivity contribution in [2.45, 2.75) is 73.9 Å². The van der Waals surface area contributed by atoms with Gasteiger partial charge in [0.25, 0.3) is 0 Å². The molecule has 238 valence electrons. The summed E-state index contributed by atoms with van der Waals surface area (Å²) in [6.45, 7) is 4.40. The van der Waals surface area contributed by atoms with Crippen LogP contribution in [0.1, 0.15) is 36.5 Å². The fourth-order valence-electron chi connectivity index (χ4n) is 12.3. The first kappa shape index (κ1) is 30.0. The van der Waals surface area contributed by atoms with Gasteiger partial charge in [-0.3, -0.25) is 4.90 Å². The van der Waals surface area contributed by atoms with Crippen molar-refractivity contribution in [3.05, 3.63) is 35.9 Å². The number of fused-ring (bicyclic) bond motifs is 2. The van der Waals surface area contributed by atoms with Gasteiger partial charge in [-0.25, -0.2) is 4.79 Å². The first-order chi connectivity index (χ1) is 20.7. The lowest BCUT2D eigenvalue weighted by Gasteiger charge is -2.69. The average Bonchev–Trinajstić information content (AvgIpc) is 3.39. The summed E-state index contributed by atoms with van der Waals surface area (Å²) in [4.78, 5) is 16.2. The van der Waals surface area contributed by atoms with Crippen LogP contribution in [0, 0.1) is 34.5 Å². The molecular weight excluding hydrogens is 554 g/mol. The van der Waals surface area contributed by atoms with Crippen molar-refractivity contribution in [3.63, 3.8) is 0 Å². The highest BCUT2D eigenvalue weighted by atomic mass is 16.6. The molecule has 14 atom stereocenters. The van der Waals surface area contributed by atoms with Crippen molar-refractivity contribution in [1.29, 1.82) is 0 Å². The Morgan fingerprint density at radius 2 is 1.77 bits per heavy atom. The number of carbonyl (C=O) groups excluding carboxylic acids is 1. The molecule has 5 saturated carbocycles. The molecule has 1 spiro atoms. The van der Waals surface area contributed by atoms with Gasteiger partial charge >= 0.3 is 5.97 Å². The van der Waals surface area contributed by atoms with Crippen LogP contribution < -0.4 is 0 Å². The van der Waals surface area contributed by atoms with Crippen LogP contribution in [0.4, 0.5) is 0 Å². The molecule has 1 aliphatic heterocycles. The molecule has 5 aliphatic carbocycles. The predicted octanol–water partition coefficient (Wildman–Crippen LogP) is 1.76. The first-order valence-corrected chi connectivity index (χ1v) is 15.7. The number of aliphatic hydroxyl groups is 2. The molecule has 0 radical (unpaired) electrons. The SMILES string of the molecule is CCN1C[C@]2(COC)CC[C@H](OC)[C@@]34[C@@H]2[C@@H](OC)[C@@H]([C@@H]13)[C@]1(OC)[C@H]2[C@@H](OC(=O)c3ccccc3)[C@](O)(C[C@@H]24)[C@@H](OC)[C@@H]1O. The fourth-order valence-corrected chi connectivity index (χ4v) is 12.3. The Morgan fingerprint density at radius 1 is 1.02 bits per heavy atom. The zero-order valence-corrected chi connectivity index (χ0v) is 26.1. The van der Waals surface area contributed by atoms with E-state index in [2.05, 4.69) is 11.8 Å². The van der Waals surface area contributed by atoms with Crippen molar-refractivity contribution < 1.29 is 43.4 Å². The van der Waals surface area contributed by atoms with Gasteiger partial charge in [0.2, 0.25) is 0 Å². The quantitative estimate of drug-likeness (QED) is 0.406. The molecule has 0 amide bonds. The van der Waals surface area contributed by atoms with Gasteiger partial charge in [0.1, 0.15) is 29.5 Å².